The number of esters is 1. The first-order valence-electron chi connectivity index (χ1n) is 31.1. The molecule has 4 aromatic rings. The Morgan fingerprint density at radius 3 is 1.66 bits per heavy atom. The average molecular weight is 1230 g/mol. The minimum absolute atomic E-state index is 0.0122. The number of likely N-dealkylation sites (N-methyl/N-ethyl adjacent to an activating group) is 1. The van der Waals surface area contributed by atoms with Gasteiger partial charge in [0, 0.05) is 32.2 Å². The van der Waals surface area contributed by atoms with Crippen LogP contribution in [0.25, 0.3) is 0 Å². The molecule has 1 unspecified atom stereocenters. The van der Waals surface area contributed by atoms with Crippen molar-refractivity contribution in [2.75, 3.05) is 7.05 Å². The molecule has 0 radical (unpaired) electrons. The minimum atomic E-state index is -1.81. The van der Waals surface area contributed by atoms with E-state index in [-0.39, 0.29) is 44.4 Å². The van der Waals surface area contributed by atoms with Crippen LogP contribution in [-0.2, 0) is 64.6 Å². The molecule has 20 nitrogen and oxygen atoms in total. The second-order valence-corrected chi connectivity index (χ2v) is 25.0. The average Bonchev–Trinajstić information content (AvgIpc) is 0.936. The van der Waals surface area contributed by atoms with Gasteiger partial charge in [-0.3, -0.25) is 38.4 Å². The molecule has 89 heavy (non-hydrogen) atoms. The zero-order chi connectivity index (χ0) is 65.8. The summed E-state index contributed by atoms with van der Waals surface area (Å²) in [7, 11) is 1.43. The lowest BCUT2D eigenvalue weighted by molar-refractivity contribution is -0.158. The van der Waals surface area contributed by atoms with Gasteiger partial charge >= 0.3 is 5.97 Å². The summed E-state index contributed by atoms with van der Waals surface area (Å²) in [5.74, 6) is -8.55. The van der Waals surface area contributed by atoms with Crippen LogP contribution in [0.3, 0.4) is 0 Å². The molecule has 1 saturated heterocycles. The van der Waals surface area contributed by atoms with Crippen LogP contribution in [0.15, 0.2) is 115 Å². The Labute approximate surface area is 524 Å². The van der Waals surface area contributed by atoms with Crippen LogP contribution >= 0.6 is 0 Å². The fourth-order valence-corrected chi connectivity index (χ4v) is 10.6. The Bertz CT molecular complexity index is 2930. The predicted molar refractivity (Wildman–Crippen MR) is 339 cm³/mol. The summed E-state index contributed by atoms with van der Waals surface area (Å²) in [6.07, 6.45) is -1.34. The van der Waals surface area contributed by atoms with Gasteiger partial charge in [0.15, 0.2) is 0 Å². The van der Waals surface area contributed by atoms with Gasteiger partial charge < -0.3 is 56.4 Å². The van der Waals surface area contributed by atoms with Crippen LogP contribution in [0.2, 0.25) is 0 Å². The molecule has 20 heteroatoms. The highest BCUT2D eigenvalue weighted by Gasteiger charge is 2.43. The van der Waals surface area contributed by atoms with E-state index >= 15 is 14.4 Å². The Morgan fingerprint density at radius 2 is 1.17 bits per heavy atom. The summed E-state index contributed by atoms with van der Waals surface area (Å²) in [4.78, 5) is 146. The van der Waals surface area contributed by atoms with Crippen LogP contribution in [0, 0.1) is 23.7 Å². The highest BCUT2D eigenvalue weighted by atomic mass is 16.5. The number of aldehydes is 1. The zero-order valence-corrected chi connectivity index (χ0v) is 54.0. The standard InChI is InChI=1S/C69H94N8O12/c1-14-44(7)57-66(86)77(13)55(41-47-33-35-51(36-34-47)89-68(10,11)12)64(84)74-58(45(8)15-2)67(87)88-46(9)59(65(85)72-54(40-42(3)4)63(83)71-52(32-25-39-78)61(81)73-57)75-62(82)53(70-60(80)43(5)6)37-38-56(79)76-69(48-26-19-16-20-27-48,49-28-21-17-22-29-49)50-30-23-18-24-31-50/h16-24,26-31,33-36,39,42-46,52-55,57-59H,14-15,25,32,37-38,40-41H2,1-13H3,(H,70,80)(H,71,83)(H,72,85)(H,73,81)(H,74,84)(H,75,82)(H,76,79)/t44-,45-,46+,52-,53?,54-,55-,57-,58-,59-/m0/s1. The Kier molecular flexibility index (Phi) is 26.6. The van der Waals surface area contributed by atoms with Crippen LogP contribution in [0.1, 0.15) is 150 Å². The third-order valence-corrected chi connectivity index (χ3v) is 16.1. The van der Waals surface area contributed by atoms with E-state index in [1.807, 2.05) is 119 Å². The maximum Gasteiger partial charge on any atom is 0.329 e. The third-order valence-electron chi connectivity index (χ3n) is 16.1. The summed E-state index contributed by atoms with van der Waals surface area (Å²) in [5.41, 5.74) is 1.11. The first-order chi connectivity index (χ1) is 42.1. The van der Waals surface area contributed by atoms with Crippen molar-refractivity contribution in [2.45, 2.75) is 194 Å². The second kappa shape index (κ2) is 33.2. The summed E-state index contributed by atoms with van der Waals surface area (Å²) in [5, 5.41) is 19.8. The molecule has 482 valence electrons. The fraction of sp³-hybridized carbons (Fsp3) is 0.507. The molecular weight excluding hydrogens is 1130 g/mol. The number of carbonyl (C=O) groups excluding carboxylic acids is 10. The topological polar surface area (TPSA) is 277 Å². The van der Waals surface area contributed by atoms with Gasteiger partial charge in [-0.05, 0) is 99.1 Å². The predicted octanol–water partition coefficient (Wildman–Crippen LogP) is 6.75. The summed E-state index contributed by atoms with van der Waals surface area (Å²) < 4.78 is 12.2. The highest BCUT2D eigenvalue weighted by Crippen LogP contribution is 2.37. The number of amides is 8. The van der Waals surface area contributed by atoms with E-state index in [9.17, 15) is 33.6 Å². The number of nitrogens with one attached hydrogen (secondary N) is 7. The lowest BCUT2D eigenvalue weighted by atomic mass is 9.77. The van der Waals surface area contributed by atoms with Crippen molar-refractivity contribution in [3.63, 3.8) is 0 Å². The molecule has 0 saturated carbocycles. The van der Waals surface area contributed by atoms with Crippen LogP contribution < -0.4 is 42.0 Å². The number of hydrogen-bond acceptors (Lipinski definition) is 12. The van der Waals surface area contributed by atoms with Crippen molar-refractivity contribution >= 4 is 59.5 Å². The molecule has 4 aromatic carbocycles. The number of hydrogen-bond donors (Lipinski definition) is 7. The molecule has 10 atom stereocenters. The van der Waals surface area contributed by atoms with Gasteiger partial charge in [-0.2, -0.15) is 0 Å². The number of benzene rings is 4. The van der Waals surface area contributed by atoms with Gasteiger partial charge in [0.2, 0.25) is 47.3 Å². The summed E-state index contributed by atoms with van der Waals surface area (Å²) in [6, 6.07) is 25.1. The van der Waals surface area contributed by atoms with Crippen LogP contribution in [0.5, 0.6) is 5.75 Å². The first-order valence-corrected chi connectivity index (χ1v) is 31.1. The molecule has 0 spiro atoms. The van der Waals surface area contributed by atoms with E-state index < -0.39 is 131 Å². The van der Waals surface area contributed by atoms with Crippen LogP contribution in [0.4, 0.5) is 0 Å². The van der Waals surface area contributed by atoms with Crippen molar-refractivity contribution in [3.05, 3.63) is 138 Å². The molecule has 7 N–H and O–H groups in total. The lowest BCUT2D eigenvalue weighted by Gasteiger charge is -2.37. The van der Waals surface area contributed by atoms with Crippen molar-refractivity contribution < 1.29 is 57.4 Å². The van der Waals surface area contributed by atoms with E-state index in [0.29, 0.717) is 30.4 Å². The molecule has 0 aromatic heterocycles. The van der Waals surface area contributed by atoms with Gasteiger partial charge in [-0.15, -0.1) is 0 Å². The Balaban J connectivity index is 1.60. The molecule has 5 rings (SSSR count). The van der Waals surface area contributed by atoms with Crippen molar-refractivity contribution in [1.29, 1.82) is 0 Å². The molecule has 8 amide bonds. The van der Waals surface area contributed by atoms with E-state index in [1.165, 1.54) is 18.9 Å². The van der Waals surface area contributed by atoms with E-state index in [4.69, 9.17) is 9.47 Å². The maximum atomic E-state index is 15.1. The summed E-state index contributed by atoms with van der Waals surface area (Å²) >= 11 is 0. The Morgan fingerprint density at radius 1 is 0.663 bits per heavy atom. The summed E-state index contributed by atoms with van der Waals surface area (Å²) in [6.45, 7) is 21.0. The molecular formula is C69H94N8O12. The van der Waals surface area contributed by atoms with Gasteiger partial charge in [0.05, 0.1) is 0 Å². The normalized spacial score (nSPS) is 21.2. The number of carbonyl (C=O) groups is 10. The minimum Gasteiger partial charge on any atom is -0.488 e. The lowest BCUT2D eigenvalue weighted by Crippen LogP contribution is -2.62. The quantitative estimate of drug-likeness (QED) is 0.0231. The monoisotopic (exact) mass is 1230 g/mol. The van der Waals surface area contributed by atoms with E-state index in [2.05, 4.69) is 37.2 Å². The molecule has 0 aliphatic carbocycles. The first kappa shape index (κ1) is 71.3. The molecule has 0 bridgehead atoms. The number of cyclic esters (lactones) is 1. The molecule has 1 fully saturated rings. The van der Waals surface area contributed by atoms with E-state index in [1.54, 1.807) is 72.7 Å². The zero-order valence-electron chi connectivity index (χ0n) is 54.0. The fourth-order valence-electron chi connectivity index (χ4n) is 10.6. The van der Waals surface area contributed by atoms with Crippen LogP contribution in [-0.4, -0.2) is 125 Å². The smallest absolute Gasteiger partial charge is 0.329 e. The van der Waals surface area contributed by atoms with Gasteiger partial charge in [0.25, 0.3) is 0 Å². The largest absolute Gasteiger partial charge is 0.488 e. The van der Waals surface area contributed by atoms with Gasteiger partial charge in [-0.25, -0.2) is 4.79 Å². The van der Waals surface area contributed by atoms with Crippen molar-refractivity contribution in [1.82, 2.24) is 42.1 Å². The SMILES string of the molecule is CC[C@H](C)[C@@H]1NC(=O)[C@H](Cc2ccc(OC(C)(C)C)cc2)N(C)C(=O)[C@H]([C@@H](C)CC)NC(=O)[C@H](CCC=O)NC(=O)[C@H](CC(C)C)NC(=O)[C@@H](NC(=O)C(CCC(=O)NC(c2ccccc2)(c2ccccc2)c2ccccc2)NC(=O)C(C)C)[C@@H](C)OC1=O. The van der Waals surface area contributed by atoms with Crippen molar-refractivity contribution in [3.8, 4) is 5.75 Å². The second-order valence-electron chi connectivity index (χ2n) is 25.0. The number of rotatable bonds is 23. The third kappa shape index (κ3) is 20.0. The maximum absolute atomic E-state index is 15.1. The molecule has 1 aliphatic rings. The highest BCUT2D eigenvalue weighted by molar-refractivity contribution is 5.98. The molecule has 1 aliphatic heterocycles. The van der Waals surface area contributed by atoms with Gasteiger partial charge in [-0.1, -0.05) is 171 Å². The van der Waals surface area contributed by atoms with Gasteiger partial charge in [0.1, 0.15) is 71.6 Å². The van der Waals surface area contributed by atoms with Crippen molar-refractivity contribution in [2.24, 2.45) is 23.7 Å². The Hall–Kier alpha value is -8.42. The number of nitrogens with zero attached hydrogens (tertiary/aromatic N) is 1. The van der Waals surface area contributed by atoms with E-state index in [0.717, 1.165) is 16.7 Å². The number of ether oxygens (including phenoxy) is 2. The molecule has 1 heterocycles.